The van der Waals surface area contributed by atoms with Crippen molar-refractivity contribution in [2.75, 3.05) is 11.9 Å². The summed E-state index contributed by atoms with van der Waals surface area (Å²) in [7, 11) is 0. The number of ketones is 1. The molecule has 1 unspecified atom stereocenters. The SMILES string of the molecule is CCOc1cc(C2C3=C(CCCC3=O)Nc3nnnn32)cc(Br)c1OCc1ccc(Cl)cc1Cl. The third kappa shape index (κ3) is 4.28. The number of tetrazole rings is 1. The summed E-state index contributed by atoms with van der Waals surface area (Å²) in [5, 5.41) is 16.3. The Balaban J connectivity index is 1.54. The van der Waals surface area contributed by atoms with E-state index in [9.17, 15) is 4.79 Å². The van der Waals surface area contributed by atoms with Gasteiger partial charge in [-0.25, -0.2) is 0 Å². The first-order valence-electron chi connectivity index (χ1n) is 10.8. The van der Waals surface area contributed by atoms with Crippen molar-refractivity contribution < 1.29 is 14.3 Å². The van der Waals surface area contributed by atoms with Gasteiger partial charge in [0.1, 0.15) is 12.6 Å². The van der Waals surface area contributed by atoms with Gasteiger partial charge in [0.05, 0.1) is 11.1 Å². The molecule has 2 aromatic carbocycles. The maximum Gasteiger partial charge on any atom is 0.248 e. The average Bonchev–Trinajstić information content (AvgIpc) is 3.27. The fourth-order valence-electron chi connectivity index (χ4n) is 4.26. The summed E-state index contributed by atoms with van der Waals surface area (Å²) >= 11 is 15.9. The zero-order valence-electron chi connectivity index (χ0n) is 18.1. The Morgan fingerprint density at radius 2 is 2.06 bits per heavy atom. The summed E-state index contributed by atoms with van der Waals surface area (Å²) in [5.41, 5.74) is 3.16. The van der Waals surface area contributed by atoms with E-state index >= 15 is 0 Å². The number of hydrogen-bond donors (Lipinski definition) is 1. The van der Waals surface area contributed by atoms with E-state index in [1.54, 1.807) is 16.8 Å². The molecule has 3 aromatic rings. The van der Waals surface area contributed by atoms with Crippen molar-refractivity contribution in [3.63, 3.8) is 0 Å². The highest BCUT2D eigenvalue weighted by molar-refractivity contribution is 9.10. The van der Waals surface area contributed by atoms with Crippen LogP contribution in [0.1, 0.15) is 43.4 Å². The van der Waals surface area contributed by atoms with Crippen LogP contribution in [0.15, 0.2) is 46.1 Å². The van der Waals surface area contributed by atoms with Gasteiger partial charge in [-0.15, -0.1) is 0 Å². The number of halogens is 3. The number of aromatic nitrogens is 4. The first kappa shape index (κ1) is 23.1. The third-order valence-corrected chi connectivity index (χ3v) is 6.94. The van der Waals surface area contributed by atoms with Crippen LogP contribution in [-0.4, -0.2) is 32.6 Å². The van der Waals surface area contributed by atoms with Gasteiger partial charge in [-0.3, -0.25) is 4.79 Å². The minimum Gasteiger partial charge on any atom is -0.490 e. The van der Waals surface area contributed by atoms with Gasteiger partial charge in [0.15, 0.2) is 17.3 Å². The average molecular weight is 565 g/mol. The quantitative estimate of drug-likeness (QED) is 0.408. The van der Waals surface area contributed by atoms with E-state index in [2.05, 4.69) is 36.8 Å². The molecule has 0 bridgehead atoms. The van der Waals surface area contributed by atoms with Crippen LogP contribution >= 0.6 is 39.1 Å². The van der Waals surface area contributed by atoms with Gasteiger partial charge in [-0.05, 0) is 76.0 Å². The lowest BCUT2D eigenvalue weighted by atomic mass is 9.85. The van der Waals surface area contributed by atoms with Crippen LogP contribution in [0.5, 0.6) is 11.5 Å². The molecule has 0 saturated carbocycles. The normalized spacial score (nSPS) is 17.2. The Morgan fingerprint density at radius 1 is 1.21 bits per heavy atom. The number of carbonyl (C=O) groups is 1. The van der Waals surface area contributed by atoms with Crippen molar-refractivity contribution in [3.05, 3.63) is 67.2 Å². The molecule has 34 heavy (non-hydrogen) atoms. The standard InChI is InChI=1S/C23H20BrCl2N5O3/c1-2-33-19-9-13(8-15(24)22(19)34-11-12-6-7-14(25)10-16(12)26)21-20-17(4-3-5-18(20)32)27-23-28-29-30-31(21)23/h6-10,21H,2-5,11H2,1H3,(H,27,28,30). The number of benzene rings is 2. The number of ether oxygens (including phenoxy) is 2. The highest BCUT2D eigenvalue weighted by atomic mass is 79.9. The molecule has 176 valence electrons. The number of rotatable bonds is 6. The molecule has 0 radical (unpaired) electrons. The van der Waals surface area contributed by atoms with Crippen molar-refractivity contribution in [1.82, 2.24) is 20.2 Å². The molecule has 5 rings (SSSR count). The minimum atomic E-state index is -0.468. The molecule has 1 N–H and O–H groups in total. The number of allylic oxidation sites excluding steroid dienone is 2. The van der Waals surface area contributed by atoms with E-state index in [0.717, 1.165) is 29.7 Å². The van der Waals surface area contributed by atoms with E-state index < -0.39 is 6.04 Å². The van der Waals surface area contributed by atoms with Gasteiger partial charge < -0.3 is 14.8 Å². The summed E-state index contributed by atoms with van der Waals surface area (Å²) in [5.74, 6) is 1.67. The van der Waals surface area contributed by atoms with E-state index in [0.29, 0.717) is 50.6 Å². The highest BCUT2D eigenvalue weighted by Gasteiger charge is 2.37. The Kier molecular flexibility index (Phi) is 6.50. The number of fused-ring (bicyclic) bond motifs is 1. The van der Waals surface area contributed by atoms with Crippen LogP contribution in [0.2, 0.25) is 10.0 Å². The fourth-order valence-corrected chi connectivity index (χ4v) is 5.30. The number of Topliss-reactive ketones (excluding diaryl/α,β-unsaturated/α-hetero) is 1. The number of anilines is 1. The molecule has 1 aliphatic carbocycles. The molecular weight excluding hydrogens is 545 g/mol. The molecule has 0 saturated heterocycles. The second-order valence-electron chi connectivity index (χ2n) is 7.93. The van der Waals surface area contributed by atoms with Gasteiger partial charge in [0.2, 0.25) is 5.95 Å². The molecule has 1 aliphatic heterocycles. The Labute approximate surface area is 214 Å². The molecule has 1 aromatic heterocycles. The Hall–Kier alpha value is -2.62. The van der Waals surface area contributed by atoms with Crippen molar-refractivity contribution in [2.24, 2.45) is 0 Å². The number of hydrogen-bond acceptors (Lipinski definition) is 7. The molecule has 8 nitrogen and oxygen atoms in total. The van der Waals surface area contributed by atoms with Gasteiger partial charge in [-0.2, -0.15) is 4.68 Å². The number of nitrogens with one attached hydrogen (secondary N) is 1. The predicted molar refractivity (Wildman–Crippen MR) is 132 cm³/mol. The first-order valence-corrected chi connectivity index (χ1v) is 12.3. The number of carbonyl (C=O) groups excluding carboxylic acids is 1. The van der Waals surface area contributed by atoms with Crippen molar-refractivity contribution in [3.8, 4) is 11.5 Å². The van der Waals surface area contributed by atoms with Crippen LogP contribution in [0, 0.1) is 0 Å². The summed E-state index contributed by atoms with van der Waals surface area (Å²) < 4.78 is 14.4. The monoisotopic (exact) mass is 563 g/mol. The Morgan fingerprint density at radius 3 is 2.85 bits per heavy atom. The van der Waals surface area contributed by atoms with Crippen LogP contribution < -0.4 is 14.8 Å². The minimum absolute atomic E-state index is 0.0895. The maximum atomic E-state index is 13.0. The lowest BCUT2D eigenvalue weighted by Crippen LogP contribution is -2.31. The first-order chi connectivity index (χ1) is 16.5. The zero-order chi connectivity index (χ0) is 23.8. The zero-order valence-corrected chi connectivity index (χ0v) is 21.2. The van der Waals surface area contributed by atoms with Crippen LogP contribution in [0.3, 0.4) is 0 Å². The topological polar surface area (TPSA) is 91.2 Å². The second kappa shape index (κ2) is 9.56. The van der Waals surface area contributed by atoms with Crippen LogP contribution in [-0.2, 0) is 11.4 Å². The largest absolute Gasteiger partial charge is 0.490 e. The van der Waals surface area contributed by atoms with E-state index in [1.807, 2.05) is 25.1 Å². The summed E-state index contributed by atoms with van der Waals surface area (Å²) in [6, 6.07) is 8.59. The van der Waals surface area contributed by atoms with Crippen LogP contribution in [0.25, 0.3) is 0 Å². The summed E-state index contributed by atoms with van der Waals surface area (Å²) in [6.07, 6.45) is 2.07. The van der Waals surface area contributed by atoms with Crippen molar-refractivity contribution in [1.29, 1.82) is 0 Å². The fraction of sp³-hybridized carbons (Fsp3) is 0.304. The molecule has 2 aliphatic rings. The third-order valence-electron chi connectivity index (χ3n) is 5.76. The van der Waals surface area contributed by atoms with Crippen molar-refractivity contribution >= 4 is 50.9 Å². The molecule has 2 heterocycles. The van der Waals surface area contributed by atoms with E-state index in [1.165, 1.54) is 0 Å². The summed E-state index contributed by atoms with van der Waals surface area (Å²) in [6.45, 7) is 2.56. The van der Waals surface area contributed by atoms with Gasteiger partial charge in [0.25, 0.3) is 0 Å². The van der Waals surface area contributed by atoms with Gasteiger partial charge in [-0.1, -0.05) is 34.4 Å². The number of nitrogens with zero attached hydrogens (tertiary/aromatic N) is 4. The molecule has 0 spiro atoms. The Bertz CT molecular complexity index is 1310. The molecule has 0 amide bonds. The smallest absolute Gasteiger partial charge is 0.248 e. The maximum absolute atomic E-state index is 13.0. The molecular formula is C23H20BrCl2N5O3. The van der Waals surface area contributed by atoms with E-state index in [-0.39, 0.29) is 12.4 Å². The summed E-state index contributed by atoms with van der Waals surface area (Å²) in [4.78, 5) is 13.0. The van der Waals surface area contributed by atoms with E-state index in [4.69, 9.17) is 32.7 Å². The van der Waals surface area contributed by atoms with Gasteiger partial charge in [0, 0.05) is 33.3 Å². The van der Waals surface area contributed by atoms with Crippen LogP contribution in [0.4, 0.5) is 5.95 Å². The highest BCUT2D eigenvalue weighted by Crippen LogP contribution is 2.44. The van der Waals surface area contributed by atoms with Crippen molar-refractivity contribution in [2.45, 2.75) is 38.8 Å². The second-order valence-corrected chi connectivity index (χ2v) is 9.63. The molecule has 11 heteroatoms. The lowest BCUT2D eigenvalue weighted by molar-refractivity contribution is -0.116. The molecule has 1 atom stereocenters. The molecule has 0 fully saturated rings. The lowest BCUT2D eigenvalue weighted by Gasteiger charge is -2.32. The van der Waals surface area contributed by atoms with Gasteiger partial charge >= 0.3 is 0 Å². The predicted octanol–water partition coefficient (Wildman–Crippen LogP) is 5.74.